The highest BCUT2D eigenvalue weighted by Gasteiger charge is 2.11. The van der Waals surface area contributed by atoms with Crippen LogP contribution in [0.3, 0.4) is 0 Å². The van der Waals surface area contributed by atoms with Gasteiger partial charge in [-0.1, -0.05) is 29.8 Å². The van der Waals surface area contributed by atoms with E-state index in [1.807, 2.05) is 24.3 Å². The van der Waals surface area contributed by atoms with Crippen LogP contribution in [0.1, 0.15) is 28.6 Å². The number of hydrogen-bond acceptors (Lipinski definition) is 4. The molecule has 1 aromatic carbocycles. The molecule has 0 saturated heterocycles. The van der Waals surface area contributed by atoms with Crippen molar-refractivity contribution in [3.05, 3.63) is 58.5 Å². The van der Waals surface area contributed by atoms with Crippen LogP contribution in [0.15, 0.2) is 41.0 Å². The summed E-state index contributed by atoms with van der Waals surface area (Å²) in [7, 11) is 1.35. The van der Waals surface area contributed by atoms with E-state index in [1.165, 1.54) is 13.4 Å². The first-order valence-electron chi connectivity index (χ1n) is 6.72. The fourth-order valence-electron chi connectivity index (χ4n) is 2.04. The molecule has 0 fully saturated rings. The Kier molecular flexibility index (Phi) is 5.42. The molecule has 21 heavy (non-hydrogen) atoms. The highest BCUT2D eigenvalue weighted by molar-refractivity contribution is 6.31. The maximum atomic E-state index is 11.3. The van der Waals surface area contributed by atoms with Crippen LogP contribution in [0, 0.1) is 0 Å². The lowest BCUT2D eigenvalue weighted by atomic mass is 10.1. The van der Waals surface area contributed by atoms with Crippen molar-refractivity contribution in [2.45, 2.75) is 25.9 Å². The van der Waals surface area contributed by atoms with E-state index in [0.717, 1.165) is 17.0 Å². The summed E-state index contributed by atoms with van der Waals surface area (Å²) < 4.78 is 9.96. The fourth-order valence-corrected chi connectivity index (χ4v) is 2.25. The van der Waals surface area contributed by atoms with E-state index >= 15 is 0 Å². The molecule has 0 spiro atoms. The Morgan fingerprint density at radius 2 is 2.19 bits per heavy atom. The van der Waals surface area contributed by atoms with Crippen molar-refractivity contribution in [2.75, 3.05) is 7.11 Å². The average Bonchev–Trinajstić information content (AvgIpc) is 2.96. The molecule has 2 aromatic rings. The third-order valence-electron chi connectivity index (χ3n) is 3.18. The summed E-state index contributed by atoms with van der Waals surface area (Å²) in [4.78, 5) is 11.3. The first-order chi connectivity index (χ1) is 10.1. The van der Waals surface area contributed by atoms with Gasteiger partial charge < -0.3 is 14.5 Å². The molecule has 5 heteroatoms. The molecule has 112 valence electrons. The van der Waals surface area contributed by atoms with Gasteiger partial charge in [-0.05, 0) is 31.0 Å². The first kappa shape index (κ1) is 15.6. The molecule has 1 heterocycles. The van der Waals surface area contributed by atoms with Crippen LogP contribution in [0.5, 0.6) is 0 Å². The number of ether oxygens (including phenoxy) is 1. The van der Waals surface area contributed by atoms with Gasteiger partial charge in [-0.2, -0.15) is 0 Å². The molecule has 0 radical (unpaired) electrons. The molecule has 1 unspecified atom stereocenters. The molecule has 1 atom stereocenters. The lowest BCUT2D eigenvalue weighted by molar-refractivity contribution is 0.0600. The molecule has 2 rings (SSSR count). The van der Waals surface area contributed by atoms with Gasteiger partial charge in [0.2, 0.25) is 0 Å². The third-order valence-corrected chi connectivity index (χ3v) is 3.55. The summed E-state index contributed by atoms with van der Waals surface area (Å²) in [6, 6.07) is 9.71. The Labute approximate surface area is 129 Å². The van der Waals surface area contributed by atoms with Crippen molar-refractivity contribution in [3.63, 3.8) is 0 Å². The van der Waals surface area contributed by atoms with E-state index in [0.29, 0.717) is 17.9 Å². The van der Waals surface area contributed by atoms with Gasteiger partial charge in [0.25, 0.3) is 0 Å². The molecule has 1 N–H and O–H groups in total. The standard InChI is InChI=1S/C16H18ClNO3/c1-11(7-12-5-3-4-6-15(12)17)18-9-14-8-13(10-21-14)16(19)20-2/h3-6,8,10-11,18H,7,9H2,1-2H3. The molecule has 1 aromatic heterocycles. The van der Waals surface area contributed by atoms with Crippen molar-refractivity contribution in [1.82, 2.24) is 5.32 Å². The Morgan fingerprint density at radius 3 is 2.90 bits per heavy atom. The van der Waals surface area contributed by atoms with E-state index in [-0.39, 0.29) is 6.04 Å². The van der Waals surface area contributed by atoms with E-state index in [1.54, 1.807) is 6.07 Å². The number of nitrogens with one attached hydrogen (secondary N) is 1. The molecule has 0 aliphatic rings. The summed E-state index contributed by atoms with van der Waals surface area (Å²) >= 11 is 6.14. The van der Waals surface area contributed by atoms with E-state index in [2.05, 4.69) is 17.0 Å². The van der Waals surface area contributed by atoms with Gasteiger partial charge in [0.05, 0.1) is 19.2 Å². The van der Waals surface area contributed by atoms with Crippen molar-refractivity contribution in [1.29, 1.82) is 0 Å². The Balaban J connectivity index is 1.86. The zero-order valence-electron chi connectivity index (χ0n) is 12.1. The van der Waals surface area contributed by atoms with E-state index < -0.39 is 5.97 Å². The van der Waals surface area contributed by atoms with Crippen LogP contribution in [0.25, 0.3) is 0 Å². The highest BCUT2D eigenvalue weighted by Crippen LogP contribution is 2.17. The second kappa shape index (κ2) is 7.29. The van der Waals surface area contributed by atoms with E-state index in [4.69, 9.17) is 16.0 Å². The van der Waals surface area contributed by atoms with Crippen LogP contribution in [0.4, 0.5) is 0 Å². The Morgan fingerprint density at radius 1 is 1.43 bits per heavy atom. The minimum absolute atomic E-state index is 0.233. The molecule has 0 aliphatic heterocycles. The molecule has 0 saturated carbocycles. The number of hydrogen-bond donors (Lipinski definition) is 1. The summed E-state index contributed by atoms with van der Waals surface area (Å²) in [6.45, 7) is 2.62. The minimum Gasteiger partial charge on any atom is -0.467 e. The number of methoxy groups -OCH3 is 1. The molecule has 0 amide bonds. The summed E-state index contributed by atoms with van der Waals surface area (Å²) in [5, 5.41) is 4.12. The van der Waals surface area contributed by atoms with Crippen molar-refractivity contribution in [3.8, 4) is 0 Å². The Bertz CT molecular complexity index is 609. The predicted octanol–water partition coefficient (Wildman–Crippen LogP) is 3.44. The maximum absolute atomic E-state index is 11.3. The molecule has 0 bridgehead atoms. The zero-order chi connectivity index (χ0) is 15.2. The van der Waals surface area contributed by atoms with Crippen molar-refractivity contribution in [2.24, 2.45) is 0 Å². The summed E-state index contributed by atoms with van der Waals surface area (Å²) in [5.41, 5.74) is 1.53. The second-order valence-electron chi connectivity index (χ2n) is 4.87. The Hall–Kier alpha value is -1.78. The monoisotopic (exact) mass is 307 g/mol. The number of carbonyl (C=O) groups excluding carboxylic acids is 1. The molecular formula is C16H18ClNO3. The maximum Gasteiger partial charge on any atom is 0.341 e. The lowest BCUT2D eigenvalue weighted by Gasteiger charge is -2.13. The van der Waals surface area contributed by atoms with Crippen LogP contribution in [-0.2, 0) is 17.7 Å². The average molecular weight is 308 g/mol. The van der Waals surface area contributed by atoms with Gasteiger partial charge in [0, 0.05) is 11.1 Å². The number of rotatable bonds is 6. The van der Waals surface area contributed by atoms with Gasteiger partial charge in [0.1, 0.15) is 12.0 Å². The number of benzene rings is 1. The quantitative estimate of drug-likeness (QED) is 0.831. The summed E-state index contributed by atoms with van der Waals surface area (Å²) in [5.74, 6) is 0.301. The van der Waals surface area contributed by atoms with Crippen LogP contribution < -0.4 is 5.32 Å². The van der Waals surface area contributed by atoms with Crippen LogP contribution in [-0.4, -0.2) is 19.1 Å². The number of furan rings is 1. The third kappa shape index (κ3) is 4.34. The number of carbonyl (C=O) groups is 1. The van der Waals surface area contributed by atoms with Crippen LogP contribution >= 0.6 is 11.6 Å². The topological polar surface area (TPSA) is 51.5 Å². The van der Waals surface area contributed by atoms with Gasteiger partial charge in [-0.3, -0.25) is 0 Å². The zero-order valence-corrected chi connectivity index (χ0v) is 12.8. The van der Waals surface area contributed by atoms with Gasteiger partial charge >= 0.3 is 5.97 Å². The van der Waals surface area contributed by atoms with Crippen LogP contribution in [0.2, 0.25) is 5.02 Å². The van der Waals surface area contributed by atoms with Gasteiger partial charge in [-0.15, -0.1) is 0 Å². The lowest BCUT2D eigenvalue weighted by Crippen LogP contribution is -2.27. The predicted molar refractivity (Wildman–Crippen MR) is 81.5 cm³/mol. The second-order valence-corrected chi connectivity index (χ2v) is 5.28. The minimum atomic E-state index is -0.394. The fraction of sp³-hybridized carbons (Fsp3) is 0.312. The summed E-state index contributed by atoms with van der Waals surface area (Å²) in [6.07, 6.45) is 2.23. The van der Waals surface area contributed by atoms with Crippen molar-refractivity contribution >= 4 is 17.6 Å². The first-order valence-corrected chi connectivity index (χ1v) is 7.10. The SMILES string of the molecule is COC(=O)c1coc(CNC(C)Cc2ccccc2Cl)c1. The van der Waals surface area contributed by atoms with E-state index in [9.17, 15) is 4.79 Å². The normalized spacial score (nSPS) is 12.1. The van der Waals surface area contributed by atoms with Gasteiger partial charge in [0.15, 0.2) is 0 Å². The van der Waals surface area contributed by atoms with Crippen molar-refractivity contribution < 1.29 is 13.9 Å². The largest absolute Gasteiger partial charge is 0.467 e. The molecule has 4 nitrogen and oxygen atoms in total. The highest BCUT2D eigenvalue weighted by atomic mass is 35.5. The molecule has 0 aliphatic carbocycles. The molecular weight excluding hydrogens is 290 g/mol. The number of esters is 1. The van der Waals surface area contributed by atoms with Gasteiger partial charge in [-0.25, -0.2) is 4.79 Å². The number of halogens is 1. The smallest absolute Gasteiger partial charge is 0.341 e.